The van der Waals surface area contributed by atoms with Gasteiger partial charge < -0.3 is 10.4 Å². The standard InChI is InChI=1S/C17H18FNO3S/c1-9-14-12(18)3-2-4-13(14)23-15(9)16(20)19-11-7-5-10(6-8-11)17(21)22/h2-4,10-11H,5-8H2,1H3,(H,19,20)(H,21,22). The highest BCUT2D eigenvalue weighted by Crippen LogP contribution is 2.33. The van der Waals surface area contributed by atoms with Crippen molar-refractivity contribution in [1.82, 2.24) is 5.32 Å². The fourth-order valence-electron chi connectivity index (χ4n) is 3.21. The zero-order valence-corrected chi connectivity index (χ0v) is 13.6. The smallest absolute Gasteiger partial charge is 0.306 e. The van der Waals surface area contributed by atoms with Crippen molar-refractivity contribution in [3.05, 3.63) is 34.5 Å². The molecular formula is C17H18FNO3S. The number of rotatable bonds is 3. The van der Waals surface area contributed by atoms with Gasteiger partial charge in [-0.15, -0.1) is 11.3 Å². The number of thiophene rings is 1. The van der Waals surface area contributed by atoms with Crippen molar-refractivity contribution in [3.63, 3.8) is 0 Å². The van der Waals surface area contributed by atoms with Gasteiger partial charge in [0.1, 0.15) is 5.82 Å². The molecule has 1 amide bonds. The molecule has 23 heavy (non-hydrogen) atoms. The maximum Gasteiger partial charge on any atom is 0.306 e. The lowest BCUT2D eigenvalue weighted by molar-refractivity contribution is -0.142. The first kappa shape index (κ1) is 15.9. The van der Waals surface area contributed by atoms with Gasteiger partial charge in [0.2, 0.25) is 0 Å². The van der Waals surface area contributed by atoms with Crippen LogP contribution in [0.2, 0.25) is 0 Å². The number of carboxylic acid groups (broad SMARTS) is 1. The van der Waals surface area contributed by atoms with Crippen LogP contribution in [0.1, 0.15) is 40.9 Å². The second kappa shape index (κ2) is 6.28. The van der Waals surface area contributed by atoms with Crippen molar-refractivity contribution in [2.24, 2.45) is 5.92 Å². The van der Waals surface area contributed by atoms with E-state index >= 15 is 0 Å². The van der Waals surface area contributed by atoms with Crippen molar-refractivity contribution >= 4 is 33.3 Å². The molecule has 1 heterocycles. The summed E-state index contributed by atoms with van der Waals surface area (Å²) in [5, 5.41) is 12.5. The van der Waals surface area contributed by atoms with E-state index in [1.165, 1.54) is 17.4 Å². The number of benzene rings is 1. The third-order valence-corrected chi connectivity index (χ3v) is 5.78. The fraction of sp³-hybridized carbons (Fsp3) is 0.412. The molecular weight excluding hydrogens is 317 g/mol. The van der Waals surface area contributed by atoms with Crippen LogP contribution in [0.3, 0.4) is 0 Å². The van der Waals surface area contributed by atoms with Crippen molar-refractivity contribution in [1.29, 1.82) is 0 Å². The quantitative estimate of drug-likeness (QED) is 0.898. The first-order valence-electron chi connectivity index (χ1n) is 7.68. The number of carboxylic acids is 1. The topological polar surface area (TPSA) is 66.4 Å². The van der Waals surface area contributed by atoms with Gasteiger partial charge in [0.25, 0.3) is 5.91 Å². The molecule has 1 aliphatic carbocycles. The minimum absolute atomic E-state index is 0.00689. The highest BCUT2D eigenvalue weighted by atomic mass is 32.1. The summed E-state index contributed by atoms with van der Waals surface area (Å²) in [6.45, 7) is 1.76. The molecule has 0 bridgehead atoms. The first-order valence-corrected chi connectivity index (χ1v) is 8.50. The van der Waals surface area contributed by atoms with Gasteiger partial charge in [0.15, 0.2) is 0 Å². The van der Waals surface area contributed by atoms with Crippen LogP contribution < -0.4 is 5.32 Å². The molecule has 0 radical (unpaired) electrons. The molecule has 2 N–H and O–H groups in total. The molecule has 0 unspecified atom stereocenters. The normalized spacial score (nSPS) is 21.3. The Balaban J connectivity index is 1.73. The minimum atomic E-state index is -0.759. The molecule has 0 spiro atoms. The van der Waals surface area contributed by atoms with Crippen LogP contribution in [0.15, 0.2) is 18.2 Å². The van der Waals surface area contributed by atoms with E-state index in [0.29, 0.717) is 41.5 Å². The lowest BCUT2D eigenvalue weighted by Gasteiger charge is -2.26. The number of nitrogens with one attached hydrogen (secondary N) is 1. The van der Waals surface area contributed by atoms with E-state index in [2.05, 4.69) is 5.32 Å². The lowest BCUT2D eigenvalue weighted by Crippen LogP contribution is -2.38. The van der Waals surface area contributed by atoms with Gasteiger partial charge in [0.05, 0.1) is 10.8 Å². The number of aryl methyl sites for hydroxylation is 1. The highest BCUT2D eigenvalue weighted by molar-refractivity contribution is 7.21. The Morgan fingerprint density at radius 1 is 1.26 bits per heavy atom. The number of halogens is 1. The van der Waals surface area contributed by atoms with E-state index in [-0.39, 0.29) is 23.7 Å². The summed E-state index contributed by atoms with van der Waals surface area (Å²) in [5.74, 6) is -1.56. The van der Waals surface area contributed by atoms with E-state index in [1.807, 2.05) is 6.07 Å². The summed E-state index contributed by atoms with van der Waals surface area (Å²) in [4.78, 5) is 24.0. The Morgan fingerprint density at radius 2 is 1.96 bits per heavy atom. The number of fused-ring (bicyclic) bond motifs is 1. The molecule has 6 heteroatoms. The minimum Gasteiger partial charge on any atom is -0.481 e. The Labute approximate surface area is 137 Å². The summed E-state index contributed by atoms with van der Waals surface area (Å²) in [6.07, 6.45) is 2.50. The first-order chi connectivity index (χ1) is 11.0. The van der Waals surface area contributed by atoms with Crippen LogP contribution in [-0.4, -0.2) is 23.0 Å². The summed E-state index contributed by atoms with van der Waals surface area (Å²) in [7, 11) is 0. The third-order valence-electron chi connectivity index (χ3n) is 4.52. The number of hydrogen-bond donors (Lipinski definition) is 2. The molecule has 1 aromatic heterocycles. The van der Waals surface area contributed by atoms with E-state index in [1.54, 1.807) is 13.0 Å². The molecule has 1 aromatic carbocycles. The Kier molecular flexibility index (Phi) is 4.35. The number of amides is 1. The van der Waals surface area contributed by atoms with Crippen LogP contribution in [0, 0.1) is 18.7 Å². The Morgan fingerprint density at radius 3 is 2.57 bits per heavy atom. The highest BCUT2D eigenvalue weighted by Gasteiger charge is 2.27. The molecule has 0 aliphatic heterocycles. The SMILES string of the molecule is Cc1c(C(=O)NC2CCC(C(=O)O)CC2)sc2cccc(F)c12. The number of carbonyl (C=O) groups is 2. The van der Waals surface area contributed by atoms with Gasteiger partial charge in [-0.1, -0.05) is 6.07 Å². The van der Waals surface area contributed by atoms with Gasteiger partial charge >= 0.3 is 5.97 Å². The number of aliphatic carboxylic acids is 1. The zero-order valence-electron chi connectivity index (χ0n) is 12.8. The van der Waals surface area contributed by atoms with E-state index in [4.69, 9.17) is 5.11 Å². The van der Waals surface area contributed by atoms with Crippen LogP contribution in [-0.2, 0) is 4.79 Å². The molecule has 0 atom stereocenters. The van der Waals surface area contributed by atoms with Crippen molar-refractivity contribution in [2.45, 2.75) is 38.6 Å². The summed E-state index contributed by atoms with van der Waals surface area (Å²) < 4.78 is 14.7. The van der Waals surface area contributed by atoms with Crippen LogP contribution >= 0.6 is 11.3 Å². The van der Waals surface area contributed by atoms with Crippen LogP contribution in [0.5, 0.6) is 0 Å². The Bertz CT molecular complexity index is 763. The monoisotopic (exact) mass is 335 g/mol. The van der Waals surface area contributed by atoms with E-state index in [0.717, 1.165) is 4.70 Å². The molecule has 0 saturated heterocycles. The lowest BCUT2D eigenvalue weighted by atomic mass is 9.86. The van der Waals surface area contributed by atoms with Gasteiger partial charge in [-0.3, -0.25) is 9.59 Å². The zero-order chi connectivity index (χ0) is 16.6. The number of hydrogen-bond acceptors (Lipinski definition) is 3. The maximum absolute atomic E-state index is 13.9. The molecule has 122 valence electrons. The van der Waals surface area contributed by atoms with Crippen molar-refractivity contribution < 1.29 is 19.1 Å². The predicted molar refractivity (Wildman–Crippen MR) is 87.4 cm³/mol. The third kappa shape index (κ3) is 3.08. The van der Waals surface area contributed by atoms with Gasteiger partial charge in [-0.25, -0.2) is 4.39 Å². The molecule has 1 aliphatic rings. The molecule has 1 fully saturated rings. The maximum atomic E-state index is 13.9. The van der Waals surface area contributed by atoms with E-state index in [9.17, 15) is 14.0 Å². The van der Waals surface area contributed by atoms with Gasteiger partial charge in [-0.05, 0) is 50.3 Å². The summed E-state index contributed by atoms with van der Waals surface area (Å²) in [5.41, 5.74) is 0.667. The van der Waals surface area contributed by atoms with Gasteiger partial charge in [0, 0.05) is 16.1 Å². The van der Waals surface area contributed by atoms with E-state index < -0.39 is 5.97 Å². The molecule has 4 nitrogen and oxygen atoms in total. The van der Waals surface area contributed by atoms with Crippen molar-refractivity contribution in [3.8, 4) is 0 Å². The molecule has 1 saturated carbocycles. The average molecular weight is 335 g/mol. The second-order valence-electron chi connectivity index (χ2n) is 6.03. The summed E-state index contributed by atoms with van der Waals surface area (Å²) in [6, 6.07) is 4.84. The molecule has 2 aromatic rings. The van der Waals surface area contributed by atoms with Gasteiger partial charge in [-0.2, -0.15) is 0 Å². The predicted octanol–water partition coefficient (Wildman–Crippen LogP) is 3.72. The Hall–Kier alpha value is -1.95. The van der Waals surface area contributed by atoms with Crippen molar-refractivity contribution in [2.75, 3.05) is 0 Å². The largest absolute Gasteiger partial charge is 0.481 e. The summed E-state index contributed by atoms with van der Waals surface area (Å²) >= 11 is 1.29. The van der Waals surface area contributed by atoms with Crippen LogP contribution in [0.25, 0.3) is 10.1 Å². The number of carbonyl (C=O) groups excluding carboxylic acids is 1. The second-order valence-corrected chi connectivity index (χ2v) is 7.08. The van der Waals surface area contributed by atoms with Crippen LogP contribution in [0.4, 0.5) is 4.39 Å². The molecule has 3 rings (SSSR count). The average Bonchev–Trinajstić information content (AvgIpc) is 2.86. The fourth-order valence-corrected chi connectivity index (χ4v) is 4.33.